The summed E-state index contributed by atoms with van der Waals surface area (Å²) in [5.74, 6) is 0.252. The average Bonchev–Trinajstić information content (AvgIpc) is 2.95. The van der Waals surface area contributed by atoms with Gasteiger partial charge in [0.05, 0.1) is 13.0 Å². The average molecular weight is 339 g/mol. The Balaban J connectivity index is 1.75. The largest absolute Gasteiger partial charge is 0.359 e. The Kier molecular flexibility index (Phi) is 5.22. The third-order valence-corrected chi connectivity index (χ3v) is 4.79. The Hall–Kier alpha value is -2.56. The molecule has 0 bridgehead atoms. The number of fused-ring (bicyclic) bond motifs is 1. The molecule has 1 N–H and O–H groups in total. The monoisotopic (exact) mass is 339 g/mol. The lowest BCUT2D eigenvalue weighted by Crippen LogP contribution is -2.36. The Morgan fingerprint density at radius 3 is 2.64 bits per heavy atom. The third-order valence-electron chi connectivity index (χ3n) is 4.79. The van der Waals surface area contributed by atoms with Gasteiger partial charge in [-0.1, -0.05) is 29.8 Å². The molecule has 0 radical (unpaired) electrons. The second-order valence-electron chi connectivity index (χ2n) is 6.83. The number of benzene rings is 1. The minimum Gasteiger partial charge on any atom is -0.359 e. The lowest BCUT2D eigenvalue weighted by molar-refractivity contribution is -0.132. The zero-order valence-corrected chi connectivity index (χ0v) is 14.9. The Morgan fingerprint density at radius 2 is 1.92 bits per heavy atom. The molecule has 1 aromatic heterocycles. The van der Waals surface area contributed by atoms with Crippen LogP contribution in [-0.4, -0.2) is 34.9 Å². The third kappa shape index (κ3) is 4.29. The van der Waals surface area contributed by atoms with Crippen molar-refractivity contribution in [1.82, 2.24) is 14.8 Å². The van der Waals surface area contributed by atoms with Crippen molar-refractivity contribution in [3.63, 3.8) is 0 Å². The molecule has 0 saturated carbocycles. The topological polar surface area (TPSA) is 54.3 Å². The SMILES string of the molecule is CNC(=O)CC1CN(C(=O)Cc2ccc(C)cc2)Cc2cccn2C1. The van der Waals surface area contributed by atoms with Crippen molar-refractivity contribution in [2.45, 2.75) is 32.9 Å². The van der Waals surface area contributed by atoms with E-state index in [1.165, 1.54) is 5.56 Å². The molecule has 3 rings (SSSR count). The number of amides is 2. The van der Waals surface area contributed by atoms with E-state index in [0.29, 0.717) is 25.9 Å². The van der Waals surface area contributed by atoms with Crippen LogP contribution in [0.1, 0.15) is 23.2 Å². The van der Waals surface area contributed by atoms with E-state index in [-0.39, 0.29) is 17.7 Å². The maximum Gasteiger partial charge on any atom is 0.227 e. The fraction of sp³-hybridized carbons (Fsp3) is 0.400. The predicted octanol–water partition coefficient (Wildman–Crippen LogP) is 2.13. The van der Waals surface area contributed by atoms with Crippen LogP contribution >= 0.6 is 0 Å². The van der Waals surface area contributed by atoms with Gasteiger partial charge in [0.1, 0.15) is 0 Å². The molecule has 25 heavy (non-hydrogen) atoms. The van der Waals surface area contributed by atoms with E-state index >= 15 is 0 Å². The highest BCUT2D eigenvalue weighted by atomic mass is 16.2. The first-order valence-electron chi connectivity index (χ1n) is 8.73. The second kappa shape index (κ2) is 7.55. The van der Waals surface area contributed by atoms with Gasteiger partial charge in [0.2, 0.25) is 11.8 Å². The molecule has 2 aromatic rings. The Morgan fingerprint density at radius 1 is 1.16 bits per heavy atom. The van der Waals surface area contributed by atoms with Crippen LogP contribution in [0.2, 0.25) is 0 Å². The van der Waals surface area contributed by atoms with Gasteiger partial charge in [-0.3, -0.25) is 9.59 Å². The van der Waals surface area contributed by atoms with Crippen molar-refractivity contribution in [3.05, 3.63) is 59.4 Å². The minimum absolute atomic E-state index is 0.0199. The fourth-order valence-corrected chi connectivity index (χ4v) is 3.35. The molecular weight excluding hydrogens is 314 g/mol. The van der Waals surface area contributed by atoms with E-state index in [9.17, 15) is 9.59 Å². The molecule has 0 saturated heterocycles. The minimum atomic E-state index is 0.0199. The summed E-state index contributed by atoms with van der Waals surface area (Å²) in [5.41, 5.74) is 3.34. The summed E-state index contributed by atoms with van der Waals surface area (Å²) in [6.07, 6.45) is 2.86. The van der Waals surface area contributed by atoms with Gasteiger partial charge in [-0.15, -0.1) is 0 Å². The molecule has 0 spiro atoms. The maximum absolute atomic E-state index is 12.9. The summed E-state index contributed by atoms with van der Waals surface area (Å²) in [5, 5.41) is 2.69. The molecule has 0 fully saturated rings. The number of nitrogens with zero attached hydrogens (tertiary/aromatic N) is 2. The van der Waals surface area contributed by atoms with Gasteiger partial charge in [0, 0.05) is 44.4 Å². The number of nitrogens with one attached hydrogen (secondary N) is 1. The summed E-state index contributed by atoms with van der Waals surface area (Å²) in [4.78, 5) is 26.6. The molecule has 1 atom stereocenters. The molecule has 132 valence electrons. The van der Waals surface area contributed by atoms with E-state index in [4.69, 9.17) is 0 Å². The number of hydrogen-bond acceptors (Lipinski definition) is 2. The van der Waals surface area contributed by atoms with Gasteiger partial charge in [-0.2, -0.15) is 0 Å². The quantitative estimate of drug-likeness (QED) is 0.928. The lowest BCUT2D eigenvalue weighted by atomic mass is 10.0. The molecule has 0 aliphatic carbocycles. The van der Waals surface area contributed by atoms with E-state index in [1.54, 1.807) is 7.05 Å². The van der Waals surface area contributed by atoms with Crippen LogP contribution in [0.25, 0.3) is 0 Å². The van der Waals surface area contributed by atoms with Crippen LogP contribution in [0.15, 0.2) is 42.6 Å². The van der Waals surface area contributed by atoms with E-state index < -0.39 is 0 Å². The molecule has 5 nitrogen and oxygen atoms in total. The zero-order chi connectivity index (χ0) is 17.8. The summed E-state index contributed by atoms with van der Waals surface area (Å²) in [7, 11) is 1.65. The molecule has 2 amide bonds. The molecule has 1 aromatic carbocycles. The van der Waals surface area contributed by atoms with Gasteiger partial charge >= 0.3 is 0 Å². The van der Waals surface area contributed by atoms with Gasteiger partial charge < -0.3 is 14.8 Å². The molecule has 1 aliphatic rings. The number of carbonyl (C=O) groups is 2. The van der Waals surface area contributed by atoms with Crippen molar-refractivity contribution in [2.75, 3.05) is 13.6 Å². The summed E-state index contributed by atoms with van der Waals surface area (Å²) >= 11 is 0. The lowest BCUT2D eigenvalue weighted by Gasteiger charge is -2.24. The number of hydrogen-bond donors (Lipinski definition) is 1. The standard InChI is InChI=1S/C20H25N3O2/c1-15-5-7-16(8-6-15)11-20(25)23-13-17(10-19(24)21-2)12-22-9-3-4-18(22)14-23/h3-9,17H,10-14H2,1-2H3,(H,21,24). The highest BCUT2D eigenvalue weighted by molar-refractivity contribution is 5.79. The van der Waals surface area contributed by atoms with Crippen LogP contribution in [0.5, 0.6) is 0 Å². The van der Waals surface area contributed by atoms with E-state index in [1.807, 2.05) is 48.4 Å². The van der Waals surface area contributed by atoms with Crippen LogP contribution in [0, 0.1) is 12.8 Å². The van der Waals surface area contributed by atoms with Crippen molar-refractivity contribution >= 4 is 11.8 Å². The van der Waals surface area contributed by atoms with E-state index in [2.05, 4.69) is 16.0 Å². The smallest absolute Gasteiger partial charge is 0.227 e. The van der Waals surface area contributed by atoms with Gasteiger partial charge in [0.25, 0.3) is 0 Å². The van der Waals surface area contributed by atoms with Crippen LogP contribution < -0.4 is 5.32 Å². The summed E-state index contributed by atoms with van der Waals surface area (Å²) < 4.78 is 2.16. The van der Waals surface area contributed by atoms with Gasteiger partial charge in [-0.05, 0) is 24.6 Å². The summed E-state index contributed by atoms with van der Waals surface area (Å²) in [6.45, 7) is 4.02. The highest BCUT2D eigenvalue weighted by Gasteiger charge is 2.26. The van der Waals surface area contributed by atoms with Crippen LogP contribution in [0.3, 0.4) is 0 Å². The normalized spacial score (nSPS) is 16.9. The summed E-state index contributed by atoms with van der Waals surface area (Å²) in [6, 6.07) is 12.1. The number of carbonyl (C=O) groups excluding carboxylic acids is 2. The van der Waals surface area contributed by atoms with Gasteiger partial charge in [-0.25, -0.2) is 0 Å². The Bertz CT molecular complexity index is 749. The van der Waals surface area contributed by atoms with Crippen LogP contribution in [0.4, 0.5) is 0 Å². The van der Waals surface area contributed by atoms with Crippen molar-refractivity contribution in [2.24, 2.45) is 5.92 Å². The molecular formula is C20H25N3O2. The molecule has 1 unspecified atom stereocenters. The maximum atomic E-state index is 12.9. The first-order chi connectivity index (χ1) is 12.0. The van der Waals surface area contributed by atoms with Gasteiger partial charge in [0.15, 0.2) is 0 Å². The molecule has 5 heteroatoms. The second-order valence-corrected chi connectivity index (χ2v) is 6.83. The van der Waals surface area contributed by atoms with Crippen molar-refractivity contribution < 1.29 is 9.59 Å². The van der Waals surface area contributed by atoms with Crippen LogP contribution in [-0.2, 0) is 29.1 Å². The molecule has 2 heterocycles. The number of aryl methyl sites for hydroxylation is 1. The highest BCUT2D eigenvalue weighted by Crippen LogP contribution is 2.20. The van der Waals surface area contributed by atoms with Crippen molar-refractivity contribution in [3.8, 4) is 0 Å². The van der Waals surface area contributed by atoms with E-state index in [0.717, 1.165) is 17.8 Å². The van der Waals surface area contributed by atoms with Crippen molar-refractivity contribution in [1.29, 1.82) is 0 Å². The Labute approximate surface area is 148 Å². The fourth-order valence-electron chi connectivity index (χ4n) is 3.35. The number of aromatic nitrogens is 1. The molecule has 1 aliphatic heterocycles. The zero-order valence-electron chi connectivity index (χ0n) is 14.9. The predicted molar refractivity (Wildman–Crippen MR) is 96.9 cm³/mol. The number of rotatable bonds is 4. The first kappa shape index (κ1) is 17.3. The first-order valence-corrected chi connectivity index (χ1v) is 8.73.